The van der Waals surface area contributed by atoms with Crippen molar-refractivity contribution in [2.45, 2.75) is 6.54 Å². The van der Waals surface area contributed by atoms with E-state index in [4.69, 9.17) is 9.15 Å². The van der Waals surface area contributed by atoms with Crippen LogP contribution in [0.25, 0.3) is 10.9 Å². The molecule has 166 valence electrons. The molecule has 0 aliphatic rings. The van der Waals surface area contributed by atoms with Crippen LogP contribution in [-0.4, -0.2) is 32.1 Å². The van der Waals surface area contributed by atoms with E-state index < -0.39 is 0 Å². The van der Waals surface area contributed by atoms with Crippen LogP contribution in [0.1, 0.15) is 21.7 Å². The van der Waals surface area contributed by atoms with Crippen LogP contribution in [0.3, 0.4) is 0 Å². The molecule has 0 atom stereocenters. The molecule has 0 spiro atoms. The molecule has 8 heteroatoms. The van der Waals surface area contributed by atoms with Gasteiger partial charge in [0.05, 0.1) is 31.1 Å². The van der Waals surface area contributed by atoms with E-state index in [1.807, 2.05) is 43.3 Å². The summed E-state index contributed by atoms with van der Waals surface area (Å²) < 4.78 is 10.6. The van der Waals surface area contributed by atoms with Crippen molar-refractivity contribution in [1.29, 1.82) is 5.26 Å². The molecular weight excluding hydrogens is 418 g/mol. The number of benzene rings is 2. The van der Waals surface area contributed by atoms with Gasteiger partial charge in [0.1, 0.15) is 23.1 Å². The SMILES string of the molecule is COc1ccc(C(=O)Nc2nc3ccc(N(C)C)cc3c(NCc3ccco3)c2C#N)cc1. The van der Waals surface area contributed by atoms with E-state index in [2.05, 4.69) is 21.7 Å². The van der Waals surface area contributed by atoms with Crippen molar-refractivity contribution in [3.63, 3.8) is 0 Å². The number of anilines is 3. The lowest BCUT2D eigenvalue weighted by Gasteiger charge is -2.18. The van der Waals surface area contributed by atoms with Crippen LogP contribution < -0.4 is 20.3 Å². The second-order valence-corrected chi connectivity index (χ2v) is 7.53. The van der Waals surface area contributed by atoms with Crippen molar-refractivity contribution in [3.8, 4) is 11.8 Å². The second kappa shape index (κ2) is 9.32. The lowest BCUT2D eigenvalue weighted by atomic mass is 10.1. The Morgan fingerprint density at radius 2 is 1.97 bits per heavy atom. The predicted octanol–water partition coefficient (Wildman–Crippen LogP) is 4.64. The molecule has 2 aromatic heterocycles. The summed E-state index contributed by atoms with van der Waals surface area (Å²) in [4.78, 5) is 19.4. The Labute approximate surface area is 191 Å². The number of aromatic nitrogens is 1. The lowest BCUT2D eigenvalue weighted by molar-refractivity contribution is 0.102. The number of rotatable bonds is 7. The van der Waals surface area contributed by atoms with E-state index in [0.717, 1.165) is 16.8 Å². The Morgan fingerprint density at radius 1 is 1.18 bits per heavy atom. The maximum absolute atomic E-state index is 12.9. The van der Waals surface area contributed by atoms with Gasteiger partial charge in [-0.25, -0.2) is 4.98 Å². The minimum Gasteiger partial charge on any atom is -0.497 e. The summed E-state index contributed by atoms with van der Waals surface area (Å²) in [5.74, 6) is 1.18. The number of hydrogen-bond acceptors (Lipinski definition) is 7. The number of fused-ring (bicyclic) bond motifs is 1. The molecule has 2 heterocycles. The standard InChI is InChI=1S/C25H23N5O3/c1-30(2)17-8-11-22-20(13-17)23(27-15-19-5-4-12-33-19)21(14-26)24(28-22)29-25(31)16-6-9-18(32-3)10-7-16/h4-13H,15H2,1-3H3,(H2,27,28,29,31). The molecule has 0 saturated heterocycles. The molecular formula is C25H23N5O3. The summed E-state index contributed by atoms with van der Waals surface area (Å²) in [7, 11) is 5.45. The summed E-state index contributed by atoms with van der Waals surface area (Å²) in [6.45, 7) is 0.374. The van der Waals surface area contributed by atoms with E-state index in [0.29, 0.717) is 29.1 Å². The van der Waals surface area contributed by atoms with Crippen LogP contribution in [0.4, 0.5) is 17.2 Å². The van der Waals surface area contributed by atoms with Gasteiger partial charge in [-0.1, -0.05) is 0 Å². The van der Waals surface area contributed by atoms with E-state index >= 15 is 0 Å². The molecule has 2 N–H and O–H groups in total. The highest BCUT2D eigenvalue weighted by molar-refractivity contribution is 6.07. The molecule has 33 heavy (non-hydrogen) atoms. The Bertz CT molecular complexity index is 1320. The third kappa shape index (κ3) is 4.57. The van der Waals surface area contributed by atoms with Crippen molar-refractivity contribution in [2.24, 2.45) is 0 Å². The normalized spacial score (nSPS) is 10.5. The van der Waals surface area contributed by atoms with Gasteiger partial charge in [-0.3, -0.25) is 4.79 Å². The summed E-state index contributed by atoms with van der Waals surface area (Å²) >= 11 is 0. The molecule has 0 saturated carbocycles. The van der Waals surface area contributed by atoms with Crippen LogP contribution in [0.2, 0.25) is 0 Å². The first-order chi connectivity index (χ1) is 16.0. The van der Waals surface area contributed by atoms with Crippen molar-refractivity contribution >= 4 is 34.0 Å². The first-order valence-electron chi connectivity index (χ1n) is 10.3. The minimum atomic E-state index is -0.372. The quantitative estimate of drug-likeness (QED) is 0.431. The van der Waals surface area contributed by atoms with Crippen molar-refractivity contribution < 1.29 is 13.9 Å². The zero-order valence-corrected chi connectivity index (χ0v) is 18.5. The van der Waals surface area contributed by atoms with Gasteiger partial charge in [-0.2, -0.15) is 5.26 Å². The van der Waals surface area contributed by atoms with Crippen molar-refractivity contribution in [1.82, 2.24) is 4.98 Å². The topological polar surface area (TPSA) is 103 Å². The number of amides is 1. The third-order valence-corrected chi connectivity index (χ3v) is 5.20. The molecule has 0 aliphatic heterocycles. The monoisotopic (exact) mass is 441 g/mol. The van der Waals surface area contributed by atoms with Gasteiger partial charge in [-0.05, 0) is 54.6 Å². The van der Waals surface area contributed by atoms with Gasteiger partial charge in [0.25, 0.3) is 5.91 Å². The maximum atomic E-state index is 12.9. The number of nitriles is 1. The Morgan fingerprint density at radius 3 is 2.61 bits per heavy atom. The number of pyridine rings is 1. The predicted molar refractivity (Wildman–Crippen MR) is 128 cm³/mol. The lowest BCUT2D eigenvalue weighted by Crippen LogP contribution is -2.15. The number of carbonyl (C=O) groups is 1. The zero-order chi connectivity index (χ0) is 23.4. The smallest absolute Gasteiger partial charge is 0.256 e. The van der Waals surface area contributed by atoms with Gasteiger partial charge in [0.2, 0.25) is 0 Å². The van der Waals surface area contributed by atoms with Gasteiger partial charge >= 0.3 is 0 Å². The van der Waals surface area contributed by atoms with E-state index in [1.165, 1.54) is 0 Å². The average Bonchev–Trinajstić information content (AvgIpc) is 3.35. The van der Waals surface area contributed by atoms with E-state index in [9.17, 15) is 10.1 Å². The molecule has 2 aromatic carbocycles. The first kappa shape index (κ1) is 21.7. The number of furan rings is 1. The van der Waals surface area contributed by atoms with Gasteiger partial charge in [-0.15, -0.1) is 0 Å². The third-order valence-electron chi connectivity index (χ3n) is 5.20. The number of nitrogens with zero attached hydrogens (tertiary/aromatic N) is 3. The number of hydrogen-bond donors (Lipinski definition) is 2. The van der Waals surface area contributed by atoms with Gasteiger partial charge in [0.15, 0.2) is 5.82 Å². The molecule has 0 radical (unpaired) electrons. The number of ether oxygens (including phenoxy) is 1. The van der Waals surface area contributed by atoms with E-state index in [1.54, 1.807) is 43.7 Å². The van der Waals surface area contributed by atoms with Gasteiger partial charge in [0, 0.05) is 30.7 Å². The first-order valence-corrected chi connectivity index (χ1v) is 10.3. The summed E-state index contributed by atoms with van der Waals surface area (Å²) in [5.41, 5.74) is 2.85. The van der Waals surface area contributed by atoms with Crippen molar-refractivity contribution in [3.05, 3.63) is 77.7 Å². The van der Waals surface area contributed by atoms with Crippen LogP contribution in [-0.2, 0) is 6.54 Å². The minimum absolute atomic E-state index is 0.186. The fourth-order valence-corrected chi connectivity index (χ4v) is 3.42. The zero-order valence-electron chi connectivity index (χ0n) is 18.5. The van der Waals surface area contributed by atoms with Crippen LogP contribution in [0.5, 0.6) is 5.75 Å². The van der Waals surface area contributed by atoms with Gasteiger partial charge < -0.3 is 24.7 Å². The molecule has 0 bridgehead atoms. The molecule has 0 fully saturated rings. The number of methoxy groups -OCH3 is 1. The largest absolute Gasteiger partial charge is 0.497 e. The average molecular weight is 441 g/mol. The molecule has 4 aromatic rings. The fourth-order valence-electron chi connectivity index (χ4n) is 3.42. The molecule has 4 rings (SSSR count). The highest BCUT2D eigenvalue weighted by Crippen LogP contribution is 2.34. The second-order valence-electron chi connectivity index (χ2n) is 7.53. The van der Waals surface area contributed by atoms with Crippen LogP contribution in [0, 0.1) is 11.3 Å². The van der Waals surface area contributed by atoms with Crippen molar-refractivity contribution in [2.75, 3.05) is 36.7 Å². The fraction of sp³-hybridized carbons (Fsp3) is 0.160. The summed E-state index contributed by atoms with van der Waals surface area (Å²) in [6.07, 6.45) is 1.59. The number of nitrogens with one attached hydrogen (secondary N) is 2. The Kier molecular flexibility index (Phi) is 6.13. The highest BCUT2D eigenvalue weighted by atomic mass is 16.5. The highest BCUT2D eigenvalue weighted by Gasteiger charge is 2.19. The molecule has 0 unspecified atom stereocenters. The van der Waals surface area contributed by atoms with Crippen LogP contribution >= 0.6 is 0 Å². The van der Waals surface area contributed by atoms with Crippen LogP contribution in [0.15, 0.2) is 65.3 Å². The Balaban J connectivity index is 1.77. The summed E-state index contributed by atoms with van der Waals surface area (Å²) in [6, 6.07) is 18.3. The maximum Gasteiger partial charge on any atom is 0.256 e. The van der Waals surface area contributed by atoms with E-state index in [-0.39, 0.29) is 17.3 Å². The summed E-state index contributed by atoms with van der Waals surface area (Å²) in [5, 5.41) is 16.9. The molecule has 8 nitrogen and oxygen atoms in total. The number of carbonyl (C=O) groups excluding carboxylic acids is 1. The molecule has 1 amide bonds. The molecule has 0 aliphatic carbocycles. The Hall–Kier alpha value is -4.51.